The summed E-state index contributed by atoms with van der Waals surface area (Å²) in [7, 11) is 0. The summed E-state index contributed by atoms with van der Waals surface area (Å²) in [4.78, 5) is 25.3. The Morgan fingerprint density at radius 1 is 1.22 bits per heavy atom. The molecule has 2 aliphatic rings. The summed E-state index contributed by atoms with van der Waals surface area (Å²) in [6.07, 6.45) is 1.37. The lowest BCUT2D eigenvalue weighted by atomic mass is 10.1. The topological polar surface area (TPSA) is 124 Å². The number of pyridine rings is 1. The number of hydrogen-bond donors (Lipinski definition) is 3. The Bertz CT molecular complexity index is 1160. The van der Waals surface area contributed by atoms with E-state index >= 15 is 0 Å². The first-order valence-corrected chi connectivity index (χ1v) is 10.6. The minimum Gasteiger partial charge on any atom is -0.470 e. The summed E-state index contributed by atoms with van der Waals surface area (Å²) >= 11 is 0. The standard InChI is InChI=1S/C22H23FN6O3/c23-15-9-12(1-2-17(15)27-20(30)13-5-7-25-10-13)16-3-4-18-19(26-16)21(29-22(24)28-18)32-14-6-8-31-11-14/h1-4,9,13-14,25H,5-8,10-11H2,(H,27,30)(H2,24,28,29)/t13-,14-/m0/s1. The Labute approximate surface area is 183 Å². The van der Waals surface area contributed by atoms with Crippen molar-refractivity contribution in [3.63, 3.8) is 0 Å². The van der Waals surface area contributed by atoms with Gasteiger partial charge in [0.05, 0.1) is 36.0 Å². The van der Waals surface area contributed by atoms with Crippen molar-refractivity contribution < 1.29 is 18.7 Å². The number of amides is 1. The highest BCUT2D eigenvalue weighted by Crippen LogP contribution is 2.29. The lowest BCUT2D eigenvalue weighted by Gasteiger charge is -2.14. The van der Waals surface area contributed by atoms with Gasteiger partial charge in [-0.25, -0.2) is 14.4 Å². The molecule has 0 radical (unpaired) electrons. The molecule has 0 saturated carbocycles. The maximum Gasteiger partial charge on any atom is 0.245 e. The summed E-state index contributed by atoms with van der Waals surface area (Å²) in [5.74, 6) is -0.494. The van der Waals surface area contributed by atoms with Crippen molar-refractivity contribution in [2.24, 2.45) is 5.92 Å². The molecule has 0 unspecified atom stereocenters. The zero-order valence-electron chi connectivity index (χ0n) is 17.3. The highest BCUT2D eigenvalue weighted by molar-refractivity contribution is 5.93. The molecule has 32 heavy (non-hydrogen) atoms. The van der Waals surface area contributed by atoms with Crippen molar-refractivity contribution >= 4 is 28.6 Å². The quantitative estimate of drug-likeness (QED) is 0.553. The van der Waals surface area contributed by atoms with E-state index in [4.69, 9.17) is 15.2 Å². The molecule has 2 aliphatic heterocycles. The summed E-state index contributed by atoms with van der Waals surface area (Å²) in [5.41, 5.74) is 8.01. The largest absolute Gasteiger partial charge is 0.470 e. The minimum absolute atomic E-state index is 0.0876. The smallest absolute Gasteiger partial charge is 0.245 e. The van der Waals surface area contributed by atoms with E-state index in [1.165, 1.54) is 6.07 Å². The monoisotopic (exact) mass is 438 g/mol. The molecule has 10 heteroatoms. The molecule has 1 aromatic carbocycles. The molecular formula is C22H23FN6O3. The zero-order chi connectivity index (χ0) is 22.1. The van der Waals surface area contributed by atoms with Crippen molar-refractivity contribution in [1.29, 1.82) is 0 Å². The Balaban J connectivity index is 1.43. The third-order valence-corrected chi connectivity index (χ3v) is 5.65. The van der Waals surface area contributed by atoms with E-state index in [2.05, 4.69) is 25.6 Å². The maximum atomic E-state index is 14.8. The second-order valence-electron chi connectivity index (χ2n) is 7.93. The Kier molecular flexibility index (Phi) is 5.54. The third-order valence-electron chi connectivity index (χ3n) is 5.65. The number of halogens is 1. The molecule has 4 N–H and O–H groups in total. The maximum absolute atomic E-state index is 14.8. The molecule has 4 heterocycles. The highest BCUT2D eigenvalue weighted by Gasteiger charge is 2.24. The number of nitrogens with one attached hydrogen (secondary N) is 2. The fourth-order valence-electron chi connectivity index (χ4n) is 3.90. The van der Waals surface area contributed by atoms with E-state index in [1.54, 1.807) is 24.3 Å². The van der Waals surface area contributed by atoms with Gasteiger partial charge in [0, 0.05) is 18.5 Å². The van der Waals surface area contributed by atoms with Crippen molar-refractivity contribution in [2.45, 2.75) is 18.9 Å². The minimum atomic E-state index is -0.531. The van der Waals surface area contributed by atoms with E-state index in [9.17, 15) is 9.18 Å². The van der Waals surface area contributed by atoms with Gasteiger partial charge in [0.15, 0.2) is 5.52 Å². The van der Waals surface area contributed by atoms with Crippen LogP contribution >= 0.6 is 0 Å². The van der Waals surface area contributed by atoms with Gasteiger partial charge in [-0.3, -0.25) is 4.79 Å². The van der Waals surface area contributed by atoms with Crippen LogP contribution in [-0.2, 0) is 9.53 Å². The number of nitrogens with two attached hydrogens (primary N) is 1. The Hall–Kier alpha value is -3.37. The molecule has 0 spiro atoms. The molecule has 2 saturated heterocycles. The number of nitrogen functional groups attached to an aromatic ring is 1. The van der Waals surface area contributed by atoms with Gasteiger partial charge in [0.1, 0.15) is 11.9 Å². The second-order valence-corrected chi connectivity index (χ2v) is 7.93. The molecule has 3 aromatic rings. The number of benzene rings is 1. The molecular weight excluding hydrogens is 415 g/mol. The predicted molar refractivity (Wildman–Crippen MR) is 117 cm³/mol. The number of anilines is 2. The van der Waals surface area contributed by atoms with Crippen LogP contribution < -0.4 is 21.1 Å². The van der Waals surface area contributed by atoms with Crippen molar-refractivity contribution in [3.05, 3.63) is 36.1 Å². The number of hydrogen-bond acceptors (Lipinski definition) is 8. The molecule has 5 rings (SSSR count). The Morgan fingerprint density at radius 2 is 2.12 bits per heavy atom. The number of aromatic nitrogens is 3. The van der Waals surface area contributed by atoms with E-state index in [-0.39, 0.29) is 35.4 Å². The predicted octanol–water partition coefficient (Wildman–Crippen LogP) is 2.13. The van der Waals surface area contributed by atoms with Crippen LogP contribution in [0.5, 0.6) is 5.88 Å². The van der Waals surface area contributed by atoms with Gasteiger partial charge in [0.25, 0.3) is 0 Å². The number of carbonyl (C=O) groups excluding carboxylic acids is 1. The summed E-state index contributed by atoms with van der Waals surface area (Å²) in [6, 6.07) is 8.08. The summed E-state index contributed by atoms with van der Waals surface area (Å²) in [5, 5.41) is 5.81. The van der Waals surface area contributed by atoms with Gasteiger partial charge < -0.3 is 25.8 Å². The summed E-state index contributed by atoms with van der Waals surface area (Å²) in [6.45, 7) is 2.50. The van der Waals surface area contributed by atoms with E-state index < -0.39 is 5.82 Å². The number of carbonyl (C=O) groups is 1. The number of ether oxygens (including phenoxy) is 2. The van der Waals surface area contributed by atoms with Crippen molar-refractivity contribution in [2.75, 3.05) is 37.4 Å². The number of nitrogens with zero attached hydrogens (tertiary/aromatic N) is 3. The highest BCUT2D eigenvalue weighted by atomic mass is 19.1. The van der Waals surface area contributed by atoms with Gasteiger partial charge in [0.2, 0.25) is 17.7 Å². The average molecular weight is 438 g/mol. The van der Waals surface area contributed by atoms with Crippen LogP contribution in [0, 0.1) is 11.7 Å². The van der Waals surface area contributed by atoms with Gasteiger partial charge in [-0.15, -0.1) is 0 Å². The lowest BCUT2D eigenvalue weighted by molar-refractivity contribution is -0.119. The van der Waals surface area contributed by atoms with Crippen LogP contribution in [0.1, 0.15) is 12.8 Å². The van der Waals surface area contributed by atoms with Gasteiger partial charge in [-0.1, -0.05) is 6.07 Å². The van der Waals surface area contributed by atoms with Crippen LogP contribution in [0.2, 0.25) is 0 Å². The molecule has 9 nitrogen and oxygen atoms in total. The third kappa shape index (κ3) is 4.19. The van der Waals surface area contributed by atoms with Gasteiger partial charge in [-0.05, 0) is 37.2 Å². The number of fused-ring (bicyclic) bond motifs is 1. The van der Waals surface area contributed by atoms with Crippen molar-refractivity contribution in [1.82, 2.24) is 20.3 Å². The Morgan fingerprint density at radius 3 is 2.88 bits per heavy atom. The second kappa shape index (κ2) is 8.64. The van der Waals surface area contributed by atoms with E-state index in [0.717, 1.165) is 19.4 Å². The SMILES string of the molecule is Nc1nc(O[C@H]2CCOC2)c2nc(-c3ccc(NC(=O)[C@H]4CCNC4)c(F)c3)ccc2n1. The van der Waals surface area contributed by atoms with Crippen LogP contribution in [0.25, 0.3) is 22.3 Å². The van der Waals surface area contributed by atoms with E-state index in [0.29, 0.717) is 42.0 Å². The lowest BCUT2D eigenvalue weighted by Crippen LogP contribution is -2.25. The molecule has 0 aliphatic carbocycles. The first-order valence-electron chi connectivity index (χ1n) is 10.6. The fourth-order valence-corrected chi connectivity index (χ4v) is 3.90. The first kappa shape index (κ1) is 20.5. The van der Waals surface area contributed by atoms with Crippen molar-refractivity contribution in [3.8, 4) is 17.1 Å². The molecule has 0 bridgehead atoms. The molecule has 2 atom stereocenters. The molecule has 2 aromatic heterocycles. The van der Waals surface area contributed by atoms with Crippen LogP contribution in [0.3, 0.4) is 0 Å². The van der Waals surface area contributed by atoms with Crippen LogP contribution in [0.4, 0.5) is 16.0 Å². The van der Waals surface area contributed by atoms with Gasteiger partial charge in [-0.2, -0.15) is 4.98 Å². The first-order chi connectivity index (χ1) is 15.6. The normalized spacial score (nSPS) is 20.5. The van der Waals surface area contributed by atoms with Crippen LogP contribution in [0.15, 0.2) is 30.3 Å². The fraction of sp³-hybridized carbons (Fsp3) is 0.364. The molecule has 1 amide bonds. The molecule has 166 valence electrons. The number of rotatable bonds is 5. The average Bonchev–Trinajstić information content (AvgIpc) is 3.49. The van der Waals surface area contributed by atoms with E-state index in [1.807, 2.05) is 0 Å². The summed E-state index contributed by atoms with van der Waals surface area (Å²) < 4.78 is 26.1. The molecule has 2 fully saturated rings. The van der Waals surface area contributed by atoms with Crippen LogP contribution in [-0.4, -0.2) is 53.3 Å². The van der Waals surface area contributed by atoms with Gasteiger partial charge >= 0.3 is 0 Å². The zero-order valence-corrected chi connectivity index (χ0v) is 17.3.